The SMILES string of the molecule is CC(CC(O)c1ccco1)NC(=O)c1cccc(-c2ccoc2)c1. The number of rotatable bonds is 6. The third-order valence-corrected chi connectivity index (χ3v) is 3.81. The van der Waals surface area contributed by atoms with E-state index in [1.807, 2.05) is 31.2 Å². The smallest absolute Gasteiger partial charge is 0.251 e. The molecule has 0 bridgehead atoms. The van der Waals surface area contributed by atoms with Gasteiger partial charge in [-0.1, -0.05) is 12.1 Å². The van der Waals surface area contributed by atoms with Crippen LogP contribution in [0.4, 0.5) is 0 Å². The summed E-state index contributed by atoms with van der Waals surface area (Å²) in [6.07, 6.45) is 4.39. The molecule has 1 amide bonds. The molecule has 24 heavy (non-hydrogen) atoms. The monoisotopic (exact) mass is 325 g/mol. The second-order valence-corrected chi connectivity index (χ2v) is 5.73. The summed E-state index contributed by atoms with van der Waals surface area (Å²) >= 11 is 0. The van der Waals surface area contributed by atoms with E-state index in [4.69, 9.17) is 8.83 Å². The maximum atomic E-state index is 12.4. The van der Waals surface area contributed by atoms with Gasteiger partial charge in [0.1, 0.15) is 11.9 Å². The predicted molar refractivity (Wildman–Crippen MR) is 89.4 cm³/mol. The van der Waals surface area contributed by atoms with Gasteiger partial charge in [0.2, 0.25) is 0 Å². The summed E-state index contributed by atoms with van der Waals surface area (Å²) in [5.41, 5.74) is 2.40. The third-order valence-electron chi connectivity index (χ3n) is 3.81. The number of benzene rings is 1. The summed E-state index contributed by atoms with van der Waals surface area (Å²) in [6.45, 7) is 1.85. The number of furan rings is 2. The fraction of sp³-hybridized carbons (Fsp3) is 0.211. The molecule has 0 spiro atoms. The van der Waals surface area contributed by atoms with Crippen LogP contribution in [0.1, 0.15) is 35.6 Å². The van der Waals surface area contributed by atoms with Gasteiger partial charge in [-0.25, -0.2) is 0 Å². The van der Waals surface area contributed by atoms with Crippen LogP contribution < -0.4 is 5.32 Å². The van der Waals surface area contributed by atoms with E-state index in [9.17, 15) is 9.90 Å². The Bertz CT molecular complexity index is 778. The van der Waals surface area contributed by atoms with Gasteiger partial charge in [-0.15, -0.1) is 0 Å². The molecule has 5 nitrogen and oxygen atoms in total. The molecule has 1 aromatic carbocycles. The van der Waals surface area contributed by atoms with Crippen molar-refractivity contribution in [2.24, 2.45) is 0 Å². The molecule has 0 radical (unpaired) electrons. The Labute approximate surface area is 139 Å². The average Bonchev–Trinajstić information content (AvgIpc) is 3.28. The van der Waals surface area contributed by atoms with Crippen LogP contribution >= 0.6 is 0 Å². The second kappa shape index (κ2) is 7.19. The summed E-state index contributed by atoms with van der Waals surface area (Å²) in [5.74, 6) is 0.317. The van der Waals surface area contributed by atoms with Gasteiger partial charge in [0, 0.05) is 23.6 Å². The standard InChI is InChI=1S/C19H19NO4/c1-13(10-17(21)18-6-3-8-24-18)20-19(22)15-5-2-4-14(11-15)16-7-9-23-12-16/h2-9,11-13,17,21H,10H2,1H3,(H,20,22). The van der Waals surface area contributed by atoms with E-state index in [-0.39, 0.29) is 11.9 Å². The zero-order chi connectivity index (χ0) is 16.9. The van der Waals surface area contributed by atoms with Crippen LogP contribution in [0.2, 0.25) is 0 Å². The van der Waals surface area contributed by atoms with Crippen LogP contribution in [0.15, 0.2) is 70.1 Å². The number of nitrogens with one attached hydrogen (secondary N) is 1. The van der Waals surface area contributed by atoms with E-state index in [0.717, 1.165) is 11.1 Å². The fourth-order valence-corrected chi connectivity index (χ4v) is 2.57. The minimum Gasteiger partial charge on any atom is -0.472 e. The highest BCUT2D eigenvalue weighted by Gasteiger charge is 2.17. The molecule has 2 atom stereocenters. The first-order valence-electron chi connectivity index (χ1n) is 7.78. The van der Waals surface area contributed by atoms with Gasteiger partial charge in [-0.2, -0.15) is 0 Å². The minimum atomic E-state index is -0.743. The number of carbonyl (C=O) groups is 1. The number of carbonyl (C=O) groups excluding carboxylic acids is 1. The topological polar surface area (TPSA) is 75.6 Å². The summed E-state index contributed by atoms with van der Waals surface area (Å²) in [7, 11) is 0. The molecule has 2 heterocycles. The van der Waals surface area contributed by atoms with E-state index in [1.54, 1.807) is 30.7 Å². The first-order chi connectivity index (χ1) is 11.6. The Morgan fingerprint density at radius 2 is 2.04 bits per heavy atom. The maximum Gasteiger partial charge on any atom is 0.251 e. The first kappa shape index (κ1) is 16.1. The Kier molecular flexibility index (Phi) is 4.82. The molecule has 0 saturated carbocycles. The van der Waals surface area contributed by atoms with Crippen molar-refractivity contribution in [1.82, 2.24) is 5.32 Å². The molecule has 0 aliphatic carbocycles. The van der Waals surface area contributed by atoms with Gasteiger partial charge in [0.15, 0.2) is 0 Å². The third kappa shape index (κ3) is 3.75. The van der Waals surface area contributed by atoms with E-state index in [0.29, 0.717) is 17.7 Å². The molecular weight excluding hydrogens is 306 g/mol. The molecule has 0 fully saturated rings. The molecule has 3 rings (SSSR count). The summed E-state index contributed by atoms with van der Waals surface area (Å²) in [4.78, 5) is 12.4. The van der Waals surface area contributed by atoms with Crippen molar-refractivity contribution in [3.63, 3.8) is 0 Å². The van der Waals surface area contributed by atoms with Gasteiger partial charge in [-0.05, 0) is 42.8 Å². The first-order valence-corrected chi connectivity index (χ1v) is 7.78. The van der Waals surface area contributed by atoms with Crippen LogP contribution in [0.5, 0.6) is 0 Å². The highest BCUT2D eigenvalue weighted by atomic mass is 16.4. The lowest BCUT2D eigenvalue weighted by atomic mass is 10.0. The Morgan fingerprint density at radius 1 is 1.17 bits per heavy atom. The Morgan fingerprint density at radius 3 is 2.75 bits per heavy atom. The molecule has 3 aromatic rings. The number of hydrogen-bond acceptors (Lipinski definition) is 4. The number of aliphatic hydroxyl groups is 1. The zero-order valence-electron chi connectivity index (χ0n) is 13.3. The quantitative estimate of drug-likeness (QED) is 0.723. The van der Waals surface area contributed by atoms with Crippen LogP contribution in [-0.4, -0.2) is 17.1 Å². The number of aliphatic hydroxyl groups excluding tert-OH is 1. The van der Waals surface area contributed by atoms with E-state index >= 15 is 0 Å². The van der Waals surface area contributed by atoms with Gasteiger partial charge in [-0.3, -0.25) is 4.79 Å². The van der Waals surface area contributed by atoms with Crippen molar-refractivity contribution in [3.8, 4) is 11.1 Å². The van der Waals surface area contributed by atoms with Crippen LogP contribution in [0.25, 0.3) is 11.1 Å². The van der Waals surface area contributed by atoms with Crippen molar-refractivity contribution in [3.05, 3.63) is 72.6 Å². The van der Waals surface area contributed by atoms with E-state index in [2.05, 4.69) is 5.32 Å². The molecule has 0 saturated heterocycles. The van der Waals surface area contributed by atoms with Gasteiger partial charge < -0.3 is 19.3 Å². The van der Waals surface area contributed by atoms with Crippen LogP contribution in [-0.2, 0) is 0 Å². The molecule has 2 aromatic heterocycles. The normalized spacial score (nSPS) is 13.4. The lowest BCUT2D eigenvalue weighted by Gasteiger charge is -2.17. The van der Waals surface area contributed by atoms with Gasteiger partial charge >= 0.3 is 0 Å². The van der Waals surface area contributed by atoms with Crippen molar-refractivity contribution in [1.29, 1.82) is 0 Å². The fourth-order valence-electron chi connectivity index (χ4n) is 2.57. The molecule has 0 aliphatic rings. The zero-order valence-corrected chi connectivity index (χ0v) is 13.3. The van der Waals surface area contributed by atoms with Gasteiger partial charge in [0.25, 0.3) is 5.91 Å². The van der Waals surface area contributed by atoms with Crippen LogP contribution in [0.3, 0.4) is 0 Å². The van der Waals surface area contributed by atoms with E-state index < -0.39 is 6.10 Å². The van der Waals surface area contributed by atoms with Crippen LogP contribution in [0, 0.1) is 0 Å². The number of hydrogen-bond donors (Lipinski definition) is 2. The molecule has 2 unspecified atom stereocenters. The van der Waals surface area contributed by atoms with Crippen molar-refractivity contribution in [2.75, 3.05) is 0 Å². The molecule has 0 aliphatic heterocycles. The lowest BCUT2D eigenvalue weighted by molar-refractivity contribution is 0.0903. The predicted octanol–water partition coefficient (Wildman–Crippen LogP) is 3.78. The Hall–Kier alpha value is -2.79. The van der Waals surface area contributed by atoms with Gasteiger partial charge in [0.05, 0.1) is 18.8 Å². The lowest BCUT2D eigenvalue weighted by Crippen LogP contribution is -2.33. The van der Waals surface area contributed by atoms with Crippen molar-refractivity contribution < 1.29 is 18.7 Å². The molecule has 2 N–H and O–H groups in total. The number of amides is 1. The maximum absolute atomic E-state index is 12.4. The summed E-state index contributed by atoms with van der Waals surface area (Å²) < 4.78 is 10.2. The average molecular weight is 325 g/mol. The molecule has 5 heteroatoms. The largest absolute Gasteiger partial charge is 0.472 e. The molecular formula is C19H19NO4. The summed E-state index contributed by atoms with van der Waals surface area (Å²) in [5, 5.41) is 13.0. The van der Waals surface area contributed by atoms with E-state index in [1.165, 1.54) is 6.26 Å². The highest BCUT2D eigenvalue weighted by molar-refractivity contribution is 5.95. The minimum absolute atomic E-state index is 0.181. The Balaban J connectivity index is 1.63. The summed E-state index contributed by atoms with van der Waals surface area (Å²) in [6, 6.07) is 12.4. The van der Waals surface area contributed by atoms with Crippen molar-refractivity contribution >= 4 is 5.91 Å². The van der Waals surface area contributed by atoms with Crippen molar-refractivity contribution in [2.45, 2.75) is 25.5 Å². The molecule has 124 valence electrons. The highest BCUT2D eigenvalue weighted by Crippen LogP contribution is 2.21. The second-order valence-electron chi connectivity index (χ2n) is 5.73.